The van der Waals surface area contributed by atoms with Gasteiger partial charge in [0.05, 0.1) is 5.56 Å². The summed E-state index contributed by atoms with van der Waals surface area (Å²) in [4.78, 5) is 22.7. The minimum atomic E-state index is -0.517. The quantitative estimate of drug-likeness (QED) is 0.657. The number of para-hydroxylation sites is 1. The predicted octanol–water partition coefficient (Wildman–Crippen LogP) is 3.02. The van der Waals surface area contributed by atoms with Crippen molar-refractivity contribution in [3.8, 4) is 5.75 Å². The van der Waals surface area contributed by atoms with E-state index in [1.54, 1.807) is 36.4 Å². The van der Waals surface area contributed by atoms with E-state index < -0.39 is 11.8 Å². The zero-order valence-electron chi connectivity index (χ0n) is 12.5. The molecule has 0 saturated heterocycles. The lowest BCUT2D eigenvalue weighted by atomic mass is 10.2. The van der Waals surface area contributed by atoms with Gasteiger partial charge in [-0.3, -0.25) is 4.79 Å². The van der Waals surface area contributed by atoms with Crippen molar-refractivity contribution in [2.24, 2.45) is 0 Å². The van der Waals surface area contributed by atoms with Crippen LogP contribution in [0.1, 0.15) is 17.3 Å². The molecule has 2 aromatic carbocycles. The molecule has 0 radical (unpaired) electrons. The maximum absolute atomic E-state index is 13.3. The molecule has 0 aliphatic heterocycles. The highest BCUT2D eigenvalue weighted by molar-refractivity contribution is 5.92. The number of anilines is 1. The molecule has 1 N–H and O–H groups in total. The molecule has 0 unspecified atom stereocenters. The van der Waals surface area contributed by atoms with Gasteiger partial charge >= 0.3 is 5.97 Å². The van der Waals surface area contributed by atoms with Gasteiger partial charge in [-0.25, -0.2) is 9.18 Å². The molecule has 0 fully saturated rings. The first kappa shape index (κ1) is 16.5. The predicted molar refractivity (Wildman–Crippen MR) is 82.9 cm³/mol. The maximum Gasteiger partial charge on any atom is 0.338 e. The molecule has 0 saturated carbocycles. The average molecular weight is 317 g/mol. The zero-order valence-corrected chi connectivity index (χ0v) is 12.5. The molecule has 2 rings (SSSR count). The Bertz CT molecular complexity index is 685. The van der Waals surface area contributed by atoms with Gasteiger partial charge in [-0.2, -0.15) is 0 Å². The fraction of sp³-hybridized carbons (Fsp3) is 0.176. The summed E-state index contributed by atoms with van der Waals surface area (Å²) in [6.45, 7) is 1.45. The van der Waals surface area contributed by atoms with Crippen LogP contribution in [0.2, 0.25) is 0 Å². The maximum atomic E-state index is 13.3. The van der Waals surface area contributed by atoms with E-state index >= 15 is 0 Å². The van der Waals surface area contributed by atoms with Gasteiger partial charge in [0.2, 0.25) is 5.91 Å². The Morgan fingerprint density at radius 3 is 2.39 bits per heavy atom. The number of amides is 1. The van der Waals surface area contributed by atoms with Crippen LogP contribution in [0.5, 0.6) is 5.75 Å². The molecule has 0 aliphatic rings. The largest absolute Gasteiger partial charge is 0.487 e. The first-order valence-corrected chi connectivity index (χ1v) is 6.98. The second-order valence-corrected chi connectivity index (χ2v) is 4.67. The molecule has 1 amide bonds. The van der Waals surface area contributed by atoms with E-state index in [9.17, 15) is 14.0 Å². The third-order valence-corrected chi connectivity index (χ3v) is 2.85. The van der Waals surface area contributed by atoms with Crippen LogP contribution in [0.25, 0.3) is 0 Å². The summed E-state index contributed by atoms with van der Waals surface area (Å²) in [6.07, 6.45) is 0. The molecular formula is C17H16FNO4. The summed E-state index contributed by atoms with van der Waals surface area (Å²) in [6, 6.07) is 12.3. The Labute approximate surface area is 133 Å². The smallest absolute Gasteiger partial charge is 0.338 e. The van der Waals surface area contributed by atoms with E-state index in [2.05, 4.69) is 5.32 Å². The van der Waals surface area contributed by atoms with Gasteiger partial charge in [0.15, 0.2) is 11.6 Å². The van der Waals surface area contributed by atoms with Crippen LogP contribution < -0.4 is 10.1 Å². The third kappa shape index (κ3) is 5.10. The molecular weight excluding hydrogens is 301 g/mol. The second kappa shape index (κ2) is 7.93. The summed E-state index contributed by atoms with van der Waals surface area (Å²) in [5.41, 5.74) is 0.946. The number of ether oxygens (including phenoxy) is 2. The van der Waals surface area contributed by atoms with Gasteiger partial charge in [-0.05, 0) is 36.4 Å². The van der Waals surface area contributed by atoms with Gasteiger partial charge in [-0.15, -0.1) is 0 Å². The molecule has 6 heteroatoms. The first-order chi connectivity index (χ1) is 11.1. The molecule has 23 heavy (non-hydrogen) atoms. The van der Waals surface area contributed by atoms with Crippen molar-refractivity contribution in [2.75, 3.05) is 18.5 Å². The van der Waals surface area contributed by atoms with Crippen molar-refractivity contribution < 1.29 is 23.5 Å². The van der Waals surface area contributed by atoms with Crippen LogP contribution >= 0.6 is 0 Å². The molecule has 5 nitrogen and oxygen atoms in total. The SMILES string of the molecule is CC(=O)Nc1ccc(C(=O)OCCOc2ccccc2F)cc1. The van der Waals surface area contributed by atoms with Gasteiger partial charge < -0.3 is 14.8 Å². The Hall–Kier alpha value is -2.89. The summed E-state index contributed by atoms with van der Waals surface area (Å²) < 4.78 is 23.5. The summed E-state index contributed by atoms with van der Waals surface area (Å²) in [5, 5.41) is 2.60. The Morgan fingerprint density at radius 2 is 1.74 bits per heavy atom. The molecule has 120 valence electrons. The van der Waals surface area contributed by atoms with Gasteiger partial charge in [0.1, 0.15) is 13.2 Å². The van der Waals surface area contributed by atoms with E-state index in [-0.39, 0.29) is 24.9 Å². The highest BCUT2D eigenvalue weighted by Gasteiger charge is 2.08. The minimum Gasteiger partial charge on any atom is -0.487 e. The number of nitrogens with one attached hydrogen (secondary N) is 1. The van der Waals surface area contributed by atoms with Crippen LogP contribution in [0.4, 0.5) is 10.1 Å². The Morgan fingerprint density at radius 1 is 1.04 bits per heavy atom. The topological polar surface area (TPSA) is 64.6 Å². The number of carbonyl (C=O) groups is 2. The van der Waals surface area contributed by atoms with Gasteiger partial charge in [-0.1, -0.05) is 12.1 Å². The summed E-state index contributed by atoms with van der Waals surface area (Å²) in [7, 11) is 0. The van der Waals surface area contributed by atoms with Crippen LogP contribution in [0.3, 0.4) is 0 Å². The molecule has 2 aromatic rings. The number of hydrogen-bond donors (Lipinski definition) is 1. The van der Waals surface area contributed by atoms with Gasteiger partial charge in [0, 0.05) is 12.6 Å². The summed E-state index contributed by atoms with van der Waals surface area (Å²) >= 11 is 0. The Balaban J connectivity index is 1.78. The lowest BCUT2D eigenvalue weighted by Gasteiger charge is -2.08. The molecule has 0 spiro atoms. The molecule has 0 bridgehead atoms. The Kier molecular flexibility index (Phi) is 5.68. The van der Waals surface area contributed by atoms with Crippen LogP contribution in [0, 0.1) is 5.82 Å². The van der Waals surface area contributed by atoms with Crippen LogP contribution in [-0.4, -0.2) is 25.1 Å². The second-order valence-electron chi connectivity index (χ2n) is 4.67. The van der Waals surface area contributed by atoms with Crippen LogP contribution in [-0.2, 0) is 9.53 Å². The van der Waals surface area contributed by atoms with Crippen molar-refractivity contribution in [1.29, 1.82) is 0 Å². The van der Waals surface area contributed by atoms with Crippen molar-refractivity contribution >= 4 is 17.6 Å². The highest BCUT2D eigenvalue weighted by atomic mass is 19.1. The minimum absolute atomic E-state index is 0.000610. The fourth-order valence-electron chi connectivity index (χ4n) is 1.82. The molecule has 0 heterocycles. The highest BCUT2D eigenvalue weighted by Crippen LogP contribution is 2.15. The normalized spacial score (nSPS) is 10.0. The number of carbonyl (C=O) groups excluding carboxylic acids is 2. The number of hydrogen-bond acceptors (Lipinski definition) is 4. The molecule has 0 aliphatic carbocycles. The zero-order chi connectivity index (χ0) is 16.7. The van der Waals surface area contributed by atoms with E-state index in [1.807, 2.05) is 0 Å². The average Bonchev–Trinajstić information content (AvgIpc) is 2.53. The number of rotatable bonds is 6. The first-order valence-electron chi connectivity index (χ1n) is 6.98. The third-order valence-electron chi connectivity index (χ3n) is 2.85. The van der Waals surface area contributed by atoms with Gasteiger partial charge in [0.25, 0.3) is 0 Å². The monoisotopic (exact) mass is 317 g/mol. The van der Waals surface area contributed by atoms with E-state index in [0.29, 0.717) is 11.3 Å². The lowest BCUT2D eigenvalue weighted by Crippen LogP contribution is -2.13. The van der Waals surface area contributed by atoms with Crippen molar-refractivity contribution in [1.82, 2.24) is 0 Å². The number of benzene rings is 2. The number of esters is 1. The lowest BCUT2D eigenvalue weighted by molar-refractivity contribution is -0.114. The van der Waals surface area contributed by atoms with E-state index in [0.717, 1.165) is 0 Å². The molecule has 0 atom stereocenters. The summed E-state index contributed by atoms with van der Waals surface area (Å²) in [5.74, 6) is -1.06. The van der Waals surface area contributed by atoms with Crippen molar-refractivity contribution in [3.63, 3.8) is 0 Å². The fourth-order valence-corrected chi connectivity index (χ4v) is 1.82. The van der Waals surface area contributed by atoms with Crippen molar-refractivity contribution in [3.05, 3.63) is 59.9 Å². The standard InChI is InChI=1S/C17H16FNO4/c1-12(20)19-14-8-6-13(7-9-14)17(21)23-11-10-22-16-5-3-2-4-15(16)18/h2-9H,10-11H2,1H3,(H,19,20). The molecule has 0 aromatic heterocycles. The number of halogens is 1. The van der Waals surface area contributed by atoms with Crippen LogP contribution in [0.15, 0.2) is 48.5 Å². The van der Waals surface area contributed by atoms with Crippen molar-refractivity contribution in [2.45, 2.75) is 6.92 Å². The van der Waals surface area contributed by atoms with E-state index in [1.165, 1.54) is 19.1 Å². The van der Waals surface area contributed by atoms with E-state index in [4.69, 9.17) is 9.47 Å².